The molecule has 2 aromatic carbocycles. The van der Waals surface area contributed by atoms with E-state index >= 15 is 0 Å². The average Bonchev–Trinajstić information content (AvgIpc) is 2.99. The molecule has 0 aliphatic carbocycles. The lowest BCUT2D eigenvalue weighted by molar-refractivity contribution is -0.126. The highest BCUT2D eigenvalue weighted by molar-refractivity contribution is 8.15. The Hall–Kier alpha value is -2.67. The van der Waals surface area contributed by atoms with Crippen molar-refractivity contribution in [1.82, 2.24) is 4.90 Å². The normalized spacial score (nSPS) is 18.6. The van der Waals surface area contributed by atoms with Crippen LogP contribution in [0, 0.1) is 5.82 Å². The van der Waals surface area contributed by atoms with Crippen LogP contribution in [-0.2, 0) is 11.3 Å². The number of ether oxygens (including phenoxy) is 1. The first kappa shape index (κ1) is 19.1. The number of rotatable bonds is 6. The third kappa shape index (κ3) is 4.54. The van der Waals surface area contributed by atoms with Crippen molar-refractivity contribution in [3.05, 3.63) is 65.5 Å². The molecule has 7 heteroatoms. The lowest BCUT2D eigenvalue weighted by Crippen LogP contribution is -2.31. The summed E-state index contributed by atoms with van der Waals surface area (Å²) in [5.74, 6) is 0.395. The first-order valence-corrected chi connectivity index (χ1v) is 9.47. The van der Waals surface area contributed by atoms with Crippen LogP contribution in [0.3, 0.4) is 0 Å². The van der Waals surface area contributed by atoms with E-state index in [-0.39, 0.29) is 17.0 Å². The maximum Gasteiger partial charge on any atom is 0.242 e. The van der Waals surface area contributed by atoms with E-state index in [1.807, 2.05) is 31.2 Å². The van der Waals surface area contributed by atoms with Crippen molar-refractivity contribution < 1.29 is 13.9 Å². The van der Waals surface area contributed by atoms with Crippen LogP contribution in [0.4, 0.5) is 4.39 Å². The number of carbonyl (C=O) groups excluding carboxylic acids is 1. The highest BCUT2D eigenvalue weighted by Crippen LogP contribution is 2.30. The van der Waals surface area contributed by atoms with Crippen LogP contribution in [-0.4, -0.2) is 34.5 Å². The largest absolute Gasteiger partial charge is 0.496 e. The molecule has 0 aromatic heterocycles. The van der Waals surface area contributed by atoms with Crippen molar-refractivity contribution in [3.8, 4) is 5.75 Å². The lowest BCUT2D eigenvalue weighted by Gasteiger charge is -2.15. The molecular weight excluding hydrogens is 365 g/mol. The van der Waals surface area contributed by atoms with Crippen LogP contribution in [0.1, 0.15) is 24.5 Å². The summed E-state index contributed by atoms with van der Waals surface area (Å²) in [5.41, 5.74) is 1.64. The van der Waals surface area contributed by atoms with E-state index in [9.17, 15) is 9.18 Å². The van der Waals surface area contributed by atoms with Crippen LogP contribution in [0.15, 0.2) is 58.7 Å². The van der Waals surface area contributed by atoms with Crippen LogP contribution in [0.25, 0.3) is 0 Å². The maximum atomic E-state index is 13.1. The first-order chi connectivity index (χ1) is 13.1. The lowest BCUT2D eigenvalue weighted by atomic mass is 10.2. The molecule has 140 valence electrons. The van der Waals surface area contributed by atoms with Gasteiger partial charge in [-0.15, -0.1) is 5.10 Å². The quantitative estimate of drug-likeness (QED) is 0.556. The summed E-state index contributed by atoms with van der Waals surface area (Å²) < 4.78 is 18.4. The number of para-hydroxylation sites is 1. The van der Waals surface area contributed by atoms with Gasteiger partial charge in [0.15, 0.2) is 5.17 Å². The predicted molar refractivity (Wildman–Crippen MR) is 107 cm³/mol. The minimum absolute atomic E-state index is 0.00179. The van der Waals surface area contributed by atoms with Crippen molar-refractivity contribution >= 4 is 29.1 Å². The molecule has 0 radical (unpaired) electrons. The molecule has 1 atom stereocenters. The van der Waals surface area contributed by atoms with Crippen LogP contribution >= 0.6 is 11.8 Å². The number of amides is 1. The predicted octanol–water partition coefficient (Wildman–Crippen LogP) is 4.08. The second-order valence-electron chi connectivity index (χ2n) is 5.93. The van der Waals surface area contributed by atoms with E-state index in [2.05, 4.69) is 10.2 Å². The smallest absolute Gasteiger partial charge is 0.242 e. The fraction of sp³-hybridized carbons (Fsp3) is 0.250. The Morgan fingerprint density at radius 1 is 1.22 bits per heavy atom. The van der Waals surface area contributed by atoms with Crippen molar-refractivity contribution in [2.75, 3.05) is 7.11 Å². The molecule has 0 bridgehead atoms. The summed E-state index contributed by atoms with van der Waals surface area (Å²) in [6.07, 6.45) is 2.31. The molecule has 1 amide bonds. The van der Waals surface area contributed by atoms with E-state index in [1.165, 1.54) is 23.9 Å². The number of thioether (sulfide) groups is 1. The van der Waals surface area contributed by atoms with E-state index in [0.29, 0.717) is 23.9 Å². The minimum atomic E-state index is -0.303. The number of nitrogens with zero attached hydrogens (tertiary/aromatic N) is 3. The van der Waals surface area contributed by atoms with Crippen molar-refractivity contribution in [3.63, 3.8) is 0 Å². The van der Waals surface area contributed by atoms with Crippen LogP contribution in [0.2, 0.25) is 0 Å². The second-order valence-corrected chi connectivity index (χ2v) is 7.10. The van der Waals surface area contributed by atoms with Crippen molar-refractivity contribution in [1.29, 1.82) is 0 Å². The Balaban J connectivity index is 1.82. The zero-order valence-corrected chi connectivity index (χ0v) is 15.9. The van der Waals surface area contributed by atoms with Crippen molar-refractivity contribution in [2.45, 2.75) is 25.1 Å². The molecule has 1 saturated heterocycles. The van der Waals surface area contributed by atoms with Gasteiger partial charge in [-0.1, -0.05) is 43.0 Å². The zero-order chi connectivity index (χ0) is 19.2. The summed E-state index contributed by atoms with van der Waals surface area (Å²) in [7, 11) is 1.60. The summed E-state index contributed by atoms with van der Waals surface area (Å²) in [6.45, 7) is 2.30. The number of benzene rings is 2. The number of hydrogen-bond donors (Lipinski definition) is 0. The van der Waals surface area contributed by atoms with E-state index in [0.717, 1.165) is 11.1 Å². The molecule has 0 saturated carbocycles. The molecule has 1 fully saturated rings. The van der Waals surface area contributed by atoms with Gasteiger partial charge in [-0.2, -0.15) is 5.10 Å². The molecular formula is C20H20FN3O2S. The summed E-state index contributed by atoms with van der Waals surface area (Å²) in [4.78, 5) is 14.2. The second kappa shape index (κ2) is 8.81. The fourth-order valence-electron chi connectivity index (χ4n) is 2.68. The standard InChI is InChI=1S/C20H20FN3O2S/c1-3-18-19(25)24(13-14-8-10-16(21)11-9-14)20(27-18)23-22-12-15-6-4-5-7-17(15)26-2/h4-12,18H,3,13H2,1-2H3. The Labute approximate surface area is 161 Å². The van der Waals surface area contributed by atoms with Gasteiger partial charge in [0.2, 0.25) is 5.91 Å². The van der Waals surface area contributed by atoms with Crippen molar-refractivity contribution in [2.24, 2.45) is 10.2 Å². The summed E-state index contributed by atoms with van der Waals surface area (Å²) in [5, 5.41) is 8.78. The summed E-state index contributed by atoms with van der Waals surface area (Å²) in [6, 6.07) is 13.6. The van der Waals surface area contributed by atoms with Gasteiger partial charge in [0.05, 0.1) is 25.1 Å². The molecule has 0 spiro atoms. The van der Waals surface area contributed by atoms with E-state index < -0.39 is 0 Å². The molecule has 3 rings (SSSR count). The van der Waals surface area contributed by atoms with Gasteiger partial charge in [-0.3, -0.25) is 9.69 Å². The zero-order valence-electron chi connectivity index (χ0n) is 15.1. The summed E-state index contributed by atoms with van der Waals surface area (Å²) >= 11 is 1.40. The number of methoxy groups -OCH3 is 1. The van der Waals surface area contributed by atoms with Gasteiger partial charge in [0.1, 0.15) is 11.6 Å². The third-order valence-electron chi connectivity index (χ3n) is 4.12. The Kier molecular flexibility index (Phi) is 6.24. The number of hydrogen-bond acceptors (Lipinski definition) is 5. The average molecular weight is 385 g/mol. The van der Waals surface area contributed by atoms with Gasteiger partial charge in [-0.05, 0) is 36.2 Å². The molecule has 1 aliphatic heterocycles. The monoisotopic (exact) mass is 385 g/mol. The van der Waals surface area contributed by atoms with Gasteiger partial charge in [-0.25, -0.2) is 4.39 Å². The molecule has 27 heavy (non-hydrogen) atoms. The highest BCUT2D eigenvalue weighted by Gasteiger charge is 2.36. The van der Waals surface area contributed by atoms with E-state index in [1.54, 1.807) is 30.4 Å². The van der Waals surface area contributed by atoms with Crippen LogP contribution in [0.5, 0.6) is 5.75 Å². The molecule has 5 nitrogen and oxygen atoms in total. The number of amidine groups is 1. The molecule has 2 aromatic rings. The van der Waals surface area contributed by atoms with Gasteiger partial charge < -0.3 is 4.74 Å². The fourth-order valence-corrected chi connectivity index (χ4v) is 3.70. The maximum absolute atomic E-state index is 13.1. The van der Waals surface area contributed by atoms with Gasteiger partial charge in [0, 0.05) is 5.56 Å². The Morgan fingerprint density at radius 2 is 1.96 bits per heavy atom. The van der Waals surface area contributed by atoms with Crippen LogP contribution < -0.4 is 4.74 Å². The third-order valence-corrected chi connectivity index (χ3v) is 5.46. The highest BCUT2D eigenvalue weighted by atomic mass is 32.2. The molecule has 1 aliphatic rings. The number of carbonyl (C=O) groups is 1. The van der Waals surface area contributed by atoms with Gasteiger partial charge >= 0.3 is 0 Å². The topological polar surface area (TPSA) is 54.3 Å². The molecule has 1 unspecified atom stereocenters. The van der Waals surface area contributed by atoms with E-state index in [4.69, 9.17) is 4.74 Å². The van der Waals surface area contributed by atoms with Gasteiger partial charge in [0.25, 0.3) is 0 Å². The Bertz CT molecular complexity index is 868. The molecule has 0 N–H and O–H groups in total. The SMILES string of the molecule is CCC1SC(=NN=Cc2ccccc2OC)N(Cc2ccc(F)cc2)C1=O. The number of halogens is 1. The Morgan fingerprint density at radius 3 is 2.67 bits per heavy atom. The molecule has 1 heterocycles. The minimum Gasteiger partial charge on any atom is -0.496 e. The first-order valence-electron chi connectivity index (χ1n) is 8.59.